The number of aryl methyl sites for hydroxylation is 3. The zero-order valence-electron chi connectivity index (χ0n) is 20.5. The number of aromatic nitrogens is 2. The molecular formula is C29H24N4O4. The molecule has 8 nitrogen and oxygen atoms in total. The molecule has 0 saturated heterocycles. The number of carbonyl (C=O) groups excluding carboxylic acids is 2. The van der Waals surface area contributed by atoms with E-state index in [-0.39, 0.29) is 0 Å². The Morgan fingerprint density at radius 3 is 1.76 bits per heavy atom. The van der Waals surface area contributed by atoms with Gasteiger partial charge in [0.15, 0.2) is 11.5 Å². The Morgan fingerprint density at radius 2 is 1.19 bits per heavy atom. The summed E-state index contributed by atoms with van der Waals surface area (Å²) >= 11 is 0. The molecule has 0 aliphatic heterocycles. The molecule has 2 amide bonds. The number of carbonyl (C=O) groups is 2. The normalized spacial score (nSPS) is 10.8. The molecule has 0 aliphatic carbocycles. The van der Waals surface area contributed by atoms with E-state index in [4.69, 9.17) is 9.47 Å². The summed E-state index contributed by atoms with van der Waals surface area (Å²) < 4.78 is 11.1. The summed E-state index contributed by atoms with van der Waals surface area (Å²) in [6.45, 7) is 5.59. The summed E-state index contributed by atoms with van der Waals surface area (Å²) in [5, 5.41) is 7.18. The number of fused-ring (bicyclic) bond motifs is 2. The molecule has 0 unspecified atom stereocenters. The van der Waals surface area contributed by atoms with E-state index in [0.29, 0.717) is 33.9 Å². The fraction of sp³-hybridized carbons (Fsp3) is 0.103. The van der Waals surface area contributed by atoms with Gasteiger partial charge in [-0.15, -0.1) is 0 Å². The maximum Gasteiger partial charge on any atom is 0.417 e. The van der Waals surface area contributed by atoms with Crippen molar-refractivity contribution in [3.05, 3.63) is 95.8 Å². The van der Waals surface area contributed by atoms with Crippen molar-refractivity contribution in [2.24, 2.45) is 0 Å². The Labute approximate surface area is 213 Å². The third-order valence-corrected chi connectivity index (χ3v) is 5.77. The summed E-state index contributed by atoms with van der Waals surface area (Å²) in [5.74, 6) is 0.708. The number of rotatable bonds is 4. The van der Waals surface area contributed by atoms with Crippen molar-refractivity contribution in [2.75, 3.05) is 10.6 Å². The first kappa shape index (κ1) is 23.7. The van der Waals surface area contributed by atoms with E-state index in [9.17, 15) is 9.59 Å². The first-order valence-electron chi connectivity index (χ1n) is 11.7. The van der Waals surface area contributed by atoms with Gasteiger partial charge >= 0.3 is 12.2 Å². The van der Waals surface area contributed by atoms with Crippen LogP contribution in [-0.4, -0.2) is 22.2 Å². The zero-order chi connectivity index (χ0) is 25.9. The van der Waals surface area contributed by atoms with Crippen LogP contribution >= 0.6 is 0 Å². The molecule has 2 N–H and O–H groups in total. The van der Waals surface area contributed by atoms with Crippen molar-refractivity contribution in [1.29, 1.82) is 0 Å². The average molecular weight is 493 g/mol. The minimum Gasteiger partial charge on any atom is -0.408 e. The molecule has 2 aromatic heterocycles. The second-order valence-electron chi connectivity index (χ2n) is 8.62. The predicted octanol–water partition coefficient (Wildman–Crippen LogP) is 6.93. The second-order valence-corrected chi connectivity index (χ2v) is 8.62. The topological polar surface area (TPSA) is 102 Å². The Balaban J connectivity index is 1.29. The van der Waals surface area contributed by atoms with Gasteiger partial charge in [0.25, 0.3) is 0 Å². The largest absolute Gasteiger partial charge is 0.417 e. The molecule has 0 aliphatic rings. The zero-order valence-corrected chi connectivity index (χ0v) is 20.5. The SMILES string of the molecule is Cc1ccc2cccc(OC(=O)Nc3ccc(C)c(NC(=O)Oc4cccc5ccc(C)nc45)c3)c2n1. The van der Waals surface area contributed by atoms with Gasteiger partial charge in [0.1, 0.15) is 11.0 Å². The van der Waals surface area contributed by atoms with E-state index in [1.54, 1.807) is 42.5 Å². The van der Waals surface area contributed by atoms with E-state index in [1.807, 2.05) is 57.2 Å². The third-order valence-electron chi connectivity index (χ3n) is 5.77. The second kappa shape index (κ2) is 9.94. The lowest BCUT2D eigenvalue weighted by atomic mass is 10.2. The third kappa shape index (κ3) is 5.33. The van der Waals surface area contributed by atoms with Crippen LogP contribution in [0.2, 0.25) is 0 Å². The van der Waals surface area contributed by atoms with E-state index in [2.05, 4.69) is 20.6 Å². The fourth-order valence-electron chi connectivity index (χ4n) is 3.91. The summed E-state index contributed by atoms with van der Waals surface area (Å²) in [7, 11) is 0. The van der Waals surface area contributed by atoms with Crippen molar-refractivity contribution in [3.63, 3.8) is 0 Å². The Kier molecular flexibility index (Phi) is 6.38. The Morgan fingerprint density at radius 1 is 0.649 bits per heavy atom. The lowest BCUT2D eigenvalue weighted by Crippen LogP contribution is -2.19. The van der Waals surface area contributed by atoms with Crippen LogP contribution in [0.3, 0.4) is 0 Å². The van der Waals surface area contributed by atoms with E-state index >= 15 is 0 Å². The smallest absolute Gasteiger partial charge is 0.408 e. The van der Waals surface area contributed by atoms with Gasteiger partial charge in [-0.05, 0) is 62.7 Å². The van der Waals surface area contributed by atoms with Crippen LogP contribution in [0.1, 0.15) is 17.0 Å². The molecule has 0 spiro atoms. The van der Waals surface area contributed by atoms with Crippen molar-refractivity contribution in [2.45, 2.75) is 20.8 Å². The molecular weight excluding hydrogens is 468 g/mol. The van der Waals surface area contributed by atoms with E-state index in [0.717, 1.165) is 27.7 Å². The number of ether oxygens (including phenoxy) is 2. The maximum atomic E-state index is 12.7. The lowest BCUT2D eigenvalue weighted by molar-refractivity contribution is 0.215. The molecule has 0 saturated carbocycles. The molecule has 0 fully saturated rings. The first-order chi connectivity index (χ1) is 17.9. The van der Waals surface area contributed by atoms with Crippen LogP contribution in [0.5, 0.6) is 11.5 Å². The number of pyridine rings is 2. The molecule has 0 radical (unpaired) electrons. The maximum absolute atomic E-state index is 12.7. The Bertz CT molecular complexity index is 1670. The summed E-state index contributed by atoms with van der Waals surface area (Å²) in [6.07, 6.45) is -1.35. The molecule has 3 aromatic carbocycles. The van der Waals surface area contributed by atoms with Gasteiger partial charge in [0.2, 0.25) is 0 Å². The molecule has 37 heavy (non-hydrogen) atoms. The summed E-state index contributed by atoms with van der Waals surface area (Å²) in [6, 6.07) is 23.6. The van der Waals surface area contributed by atoms with Crippen LogP contribution in [0.25, 0.3) is 21.8 Å². The highest BCUT2D eigenvalue weighted by atomic mass is 16.6. The fourth-order valence-corrected chi connectivity index (χ4v) is 3.91. The standard InChI is InChI=1S/C29H24N4O4/c1-17-10-15-22(32-28(34)36-24-8-4-6-20-13-11-18(2)30-26(20)24)16-23(17)33-29(35)37-25-9-5-7-21-14-12-19(3)31-27(21)25/h4-16H,1-3H3,(H,32,34)(H,33,35). The number of hydrogen-bond donors (Lipinski definition) is 2. The highest BCUT2D eigenvalue weighted by Gasteiger charge is 2.14. The number of para-hydroxylation sites is 2. The van der Waals surface area contributed by atoms with Crippen molar-refractivity contribution in [1.82, 2.24) is 9.97 Å². The minimum absolute atomic E-state index is 0.353. The number of nitrogens with one attached hydrogen (secondary N) is 2. The number of benzene rings is 3. The van der Waals surface area contributed by atoms with E-state index in [1.165, 1.54) is 0 Å². The molecule has 5 rings (SSSR count). The monoisotopic (exact) mass is 492 g/mol. The molecule has 5 aromatic rings. The minimum atomic E-state index is -0.676. The van der Waals surface area contributed by atoms with Crippen LogP contribution < -0.4 is 20.1 Å². The number of amides is 2. The van der Waals surface area contributed by atoms with Gasteiger partial charge < -0.3 is 9.47 Å². The van der Waals surface area contributed by atoms with Gasteiger partial charge in [-0.25, -0.2) is 19.6 Å². The molecule has 8 heteroatoms. The molecule has 184 valence electrons. The van der Waals surface area contributed by atoms with Crippen LogP contribution in [0.15, 0.2) is 78.9 Å². The van der Waals surface area contributed by atoms with Gasteiger partial charge in [-0.2, -0.15) is 0 Å². The number of hydrogen-bond acceptors (Lipinski definition) is 6. The first-order valence-corrected chi connectivity index (χ1v) is 11.7. The lowest BCUT2D eigenvalue weighted by Gasteiger charge is -2.13. The molecule has 0 atom stereocenters. The van der Waals surface area contributed by atoms with Gasteiger partial charge in [-0.3, -0.25) is 10.6 Å². The number of nitrogens with zero attached hydrogens (tertiary/aromatic N) is 2. The van der Waals surface area contributed by atoms with Crippen molar-refractivity contribution >= 4 is 45.4 Å². The Hall–Kier alpha value is -4.98. The molecule has 2 heterocycles. The highest BCUT2D eigenvalue weighted by Crippen LogP contribution is 2.27. The van der Waals surface area contributed by atoms with Crippen LogP contribution in [0.4, 0.5) is 21.0 Å². The van der Waals surface area contributed by atoms with Gasteiger partial charge in [0, 0.05) is 33.5 Å². The summed E-state index contributed by atoms with van der Waals surface area (Å²) in [5.41, 5.74) is 4.55. The predicted molar refractivity (Wildman–Crippen MR) is 143 cm³/mol. The number of anilines is 2. The van der Waals surface area contributed by atoms with Gasteiger partial charge in [0.05, 0.1) is 0 Å². The summed E-state index contributed by atoms with van der Waals surface area (Å²) in [4.78, 5) is 34.3. The van der Waals surface area contributed by atoms with Crippen molar-refractivity contribution in [3.8, 4) is 11.5 Å². The van der Waals surface area contributed by atoms with E-state index < -0.39 is 12.2 Å². The van der Waals surface area contributed by atoms with Crippen LogP contribution in [-0.2, 0) is 0 Å². The average Bonchev–Trinajstić information content (AvgIpc) is 2.87. The van der Waals surface area contributed by atoms with Crippen molar-refractivity contribution < 1.29 is 19.1 Å². The highest BCUT2D eigenvalue weighted by molar-refractivity contribution is 5.94. The van der Waals surface area contributed by atoms with Crippen LogP contribution in [0, 0.1) is 20.8 Å². The quantitative estimate of drug-likeness (QED) is 0.282. The molecule has 0 bridgehead atoms. The van der Waals surface area contributed by atoms with Gasteiger partial charge in [-0.1, -0.05) is 42.5 Å².